The van der Waals surface area contributed by atoms with E-state index in [4.69, 9.17) is 28.4 Å². The number of fused-ring (bicyclic) bond motifs is 3. The van der Waals surface area contributed by atoms with Crippen LogP contribution in [0.1, 0.15) is 107 Å². The van der Waals surface area contributed by atoms with E-state index < -0.39 is 64.9 Å². The summed E-state index contributed by atoms with van der Waals surface area (Å²) in [6, 6.07) is 0. The second kappa shape index (κ2) is 10.2. The smallest absolute Gasteiger partial charge is 0.350 e. The molecule has 7 rings (SSSR count). The van der Waals surface area contributed by atoms with Gasteiger partial charge in [-0.05, 0) is 98.3 Å². The summed E-state index contributed by atoms with van der Waals surface area (Å²) in [5.74, 6) is -0.790. The van der Waals surface area contributed by atoms with E-state index in [-0.39, 0.29) is 11.6 Å². The van der Waals surface area contributed by atoms with E-state index in [1.807, 2.05) is 27.7 Å². The van der Waals surface area contributed by atoms with Gasteiger partial charge in [0.1, 0.15) is 11.7 Å². The van der Waals surface area contributed by atoms with Crippen molar-refractivity contribution >= 4 is 17.9 Å². The van der Waals surface area contributed by atoms with Gasteiger partial charge in [-0.1, -0.05) is 13.8 Å². The largest absolute Gasteiger partial charge is 0.459 e. The number of hydrogen-bond donors (Lipinski definition) is 1. The van der Waals surface area contributed by atoms with Crippen molar-refractivity contribution in [2.24, 2.45) is 22.7 Å². The molecule has 232 valence electrons. The van der Waals surface area contributed by atoms with Crippen LogP contribution < -0.4 is 0 Å². The molecule has 0 spiro atoms. The van der Waals surface area contributed by atoms with Crippen LogP contribution in [0, 0.1) is 22.7 Å². The van der Waals surface area contributed by atoms with Gasteiger partial charge in [0.05, 0.1) is 16.4 Å². The van der Waals surface area contributed by atoms with Gasteiger partial charge in [0.25, 0.3) is 0 Å². The van der Waals surface area contributed by atoms with Crippen molar-refractivity contribution in [3.05, 3.63) is 0 Å². The molecule has 41 heavy (non-hydrogen) atoms. The van der Waals surface area contributed by atoms with Crippen LogP contribution in [0.15, 0.2) is 0 Å². The maximum absolute atomic E-state index is 12.4. The van der Waals surface area contributed by atoms with E-state index in [2.05, 4.69) is 0 Å². The number of aliphatic hydroxyl groups is 1. The summed E-state index contributed by atoms with van der Waals surface area (Å²) < 4.78 is 33.7. The Balaban J connectivity index is 0.000000166. The molecule has 4 aliphatic carbocycles. The minimum Gasteiger partial charge on any atom is -0.459 e. The maximum Gasteiger partial charge on any atom is 0.350 e. The first-order valence-electron chi connectivity index (χ1n) is 15.3. The lowest BCUT2D eigenvalue weighted by atomic mass is 9.52. The quantitative estimate of drug-likeness (QED) is 0.361. The summed E-state index contributed by atoms with van der Waals surface area (Å²) in [5.41, 5.74) is -1.99. The average molecular weight is 581 g/mol. The van der Waals surface area contributed by atoms with Gasteiger partial charge in [-0.25, -0.2) is 4.79 Å². The number of esters is 3. The number of ether oxygens (including phenoxy) is 6. The molecule has 0 aromatic heterocycles. The third kappa shape index (κ3) is 5.78. The third-order valence-electron chi connectivity index (χ3n) is 10.2. The van der Waals surface area contributed by atoms with E-state index in [1.54, 1.807) is 27.7 Å². The third-order valence-corrected chi connectivity index (χ3v) is 10.2. The zero-order valence-corrected chi connectivity index (χ0v) is 25.8. The van der Waals surface area contributed by atoms with Gasteiger partial charge < -0.3 is 33.5 Å². The maximum atomic E-state index is 12.4. The molecule has 7 unspecified atom stereocenters. The Bertz CT molecular complexity index is 1050. The van der Waals surface area contributed by atoms with Crippen molar-refractivity contribution in [3.63, 3.8) is 0 Å². The second-order valence-electron chi connectivity index (χ2n) is 15.0. The Morgan fingerprint density at radius 1 is 0.902 bits per heavy atom. The standard InChI is InChI=1S/C16H26O3.C15H22O7/c1-4-14(2,3)13(17)19-16-8-11-5-12(9-16)7-15(18,6-11)10-16;1-6-14(2,3)13(17)20-9-7-8(18-11(9)16)10-12(19-7)22-15(4,5)21-10/h11-12,18H,4-10H2,1-3H3;7-10,12H,6H2,1-5H3. The zero-order chi connectivity index (χ0) is 30.2. The minimum absolute atomic E-state index is 0.0828. The van der Waals surface area contributed by atoms with Gasteiger partial charge in [-0.2, -0.15) is 0 Å². The fourth-order valence-electron chi connectivity index (χ4n) is 7.48. The first-order valence-corrected chi connectivity index (χ1v) is 15.3. The lowest BCUT2D eigenvalue weighted by molar-refractivity contribution is -0.225. The normalized spacial score (nSPS) is 41.7. The first-order chi connectivity index (χ1) is 18.9. The van der Waals surface area contributed by atoms with Crippen molar-refractivity contribution in [1.29, 1.82) is 0 Å². The van der Waals surface area contributed by atoms with Crippen LogP contribution in [-0.2, 0) is 42.8 Å². The molecule has 7 atom stereocenters. The SMILES string of the molecule is CCC(C)(C)C(=O)OC12CC3CC(CC(O)(C3)C1)C2.CCC(C)(C)C(=O)OC1C(=O)OC2C3OC(C)(C)OC3OC12. The molecule has 0 amide bonds. The highest BCUT2D eigenvalue weighted by molar-refractivity contribution is 5.84. The van der Waals surface area contributed by atoms with Gasteiger partial charge in [0.15, 0.2) is 24.3 Å². The molecular weight excluding hydrogens is 532 g/mol. The summed E-state index contributed by atoms with van der Waals surface area (Å²) >= 11 is 0. The molecule has 0 aromatic rings. The molecule has 3 heterocycles. The van der Waals surface area contributed by atoms with Crippen molar-refractivity contribution in [1.82, 2.24) is 0 Å². The summed E-state index contributed by atoms with van der Waals surface area (Å²) in [6.45, 7) is 14.9. The second-order valence-corrected chi connectivity index (χ2v) is 15.0. The molecule has 3 aliphatic heterocycles. The fraction of sp³-hybridized carbons (Fsp3) is 0.903. The zero-order valence-electron chi connectivity index (χ0n) is 25.8. The van der Waals surface area contributed by atoms with Crippen LogP contribution in [0.5, 0.6) is 0 Å². The Labute approximate surface area is 243 Å². The van der Waals surface area contributed by atoms with E-state index in [0.29, 0.717) is 24.7 Å². The Kier molecular flexibility index (Phi) is 7.61. The Hall–Kier alpha value is -1.75. The van der Waals surface area contributed by atoms with Gasteiger partial charge in [-0.3, -0.25) is 9.59 Å². The molecule has 7 aliphatic rings. The first kappa shape index (κ1) is 30.7. The lowest BCUT2D eigenvalue weighted by Crippen LogP contribution is -2.61. The van der Waals surface area contributed by atoms with Crippen molar-refractivity contribution < 1.29 is 47.9 Å². The highest BCUT2D eigenvalue weighted by Gasteiger charge is 2.64. The van der Waals surface area contributed by atoms with E-state index >= 15 is 0 Å². The van der Waals surface area contributed by atoms with Crippen LogP contribution in [0.25, 0.3) is 0 Å². The van der Waals surface area contributed by atoms with Crippen molar-refractivity contribution in [3.8, 4) is 0 Å². The highest BCUT2D eigenvalue weighted by Crippen LogP contribution is 2.59. The van der Waals surface area contributed by atoms with Gasteiger partial charge in [0.2, 0.25) is 6.10 Å². The van der Waals surface area contributed by atoms with Crippen LogP contribution in [0.3, 0.4) is 0 Å². The van der Waals surface area contributed by atoms with E-state index in [1.165, 1.54) is 6.42 Å². The number of carbonyl (C=O) groups is 3. The topological polar surface area (TPSA) is 127 Å². The van der Waals surface area contributed by atoms with E-state index in [9.17, 15) is 19.5 Å². The molecule has 4 bridgehead atoms. The molecule has 1 N–H and O–H groups in total. The molecule has 10 nitrogen and oxygen atoms in total. The fourth-order valence-corrected chi connectivity index (χ4v) is 7.48. The van der Waals surface area contributed by atoms with Gasteiger partial charge in [-0.15, -0.1) is 0 Å². The molecule has 4 saturated carbocycles. The summed E-state index contributed by atoms with van der Waals surface area (Å²) in [4.78, 5) is 36.6. The average Bonchev–Trinajstić information content (AvgIpc) is 3.43. The molecule has 7 fully saturated rings. The van der Waals surface area contributed by atoms with Crippen LogP contribution >= 0.6 is 0 Å². The Morgan fingerprint density at radius 3 is 2.05 bits per heavy atom. The number of rotatable bonds is 6. The monoisotopic (exact) mass is 580 g/mol. The number of hydrogen-bond acceptors (Lipinski definition) is 10. The Morgan fingerprint density at radius 2 is 1.49 bits per heavy atom. The molecule has 0 aromatic carbocycles. The predicted molar refractivity (Wildman–Crippen MR) is 145 cm³/mol. The van der Waals surface area contributed by atoms with E-state index in [0.717, 1.165) is 32.1 Å². The summed E-state index contributed by atoms with van der Waals surface area (Å²) in [7, 11) is 0. The molecular formula is C31H48O10. The highest BCUT2D eigenvalue weighted by atomic mass is 16.9. The van der Waals surface area contributed by atoms with Gasteiger partial charge >= 0.3 is 17.9 Å². The summed E-state index contributed by atoms with van der Waals surface area (Å²) in [5, 5.41) is 10.6. The lowest BCUT2D eigenvalue weighted by Gasteiger charge is -2.59. The number of carbonyl (C=O) groups excluding carboxylic acids is 3. The van der Waals surface area contributed by atoms with Gasteiger partial charge in [0, 0.05) is 6.42 Å². The predicted octanol–water partition coefficient (Wildman–Crippen LogP) is 4.19. The molecule has 0 radical (unpaired) electrons. The molecule has 10 heteroatoms. The minimum atomic E-state index is -1.07. The van der Waals surface area contributed by atoms with Crippen LogP contribution in [0.4, 0.5) is 0 Å². The molecule has 3 saturated heterocycles. The summed E-state index contributed by atoms with van der Waals surface area (Å²) in [6.07, 6.45) is 3.59. The van der Waals surface area contributed by atoms with Crippen molar-refractivity contribution in [2.75, 3.05) is 0 Å². The van der Waals surface area contributed by atoms with Crippen LogP contribution in [0.2, 0.25) is 0 Å². The van der Waals surface area contributed by atoms with Crippen molar-refractivity contribution in [2.45, 2.75) is 154 Å². The van der Waals surface area contributed by atoms with Crippen LogP contribution in [-0.4, -0.2) is 70.7 Å².